The standard InChI is InChI=1S/C16H11ClN4/c1-10-8-11(6-7-19-10)14(9-18)15-12-4-2-3-5-13(12)16(17)21-20-15/h2-8,14H,1H3. The number of nitriles is 1. The summed E-state index contributed by atoms with van der Waals surface area (Å²) < 4.78 is 0. The van der Waals surface area contributed by atoms with Crippen molar-refractivity contribution in [3.8, 4) is 6.07 Å². The fourth-order valence-corrected chi connectivity index (χ4v) is 2.55. The topological polar surface area (TPSA) is 62.5 Å². The minimum Gasteiger partial charge on any atom is -0.262 e. The van der Waals surface area contributed by atoms with Crippen LogP contribution >= 0.6 is 11.6 Å². The van der Waals surface area contributed by atoms with Crippen LogP contribution in [0.4, 0.5) is 0 Å². The van der Waals surface area contributed by atoms with Gasteiger partial charge in [0.2, 0.25) is 0 Å². The van der Waals surface area contributed by atoms with Gasteiger partial charge in [0.25, 0.3) is 0 Å². The van der Waals surface area contributed by atoms with Gasteiger partial charge in [-0.25, -0.2) is 0 Å². The first-order chi connectivity index (χ1) is 10.2. The molecule has 0 radical (unpaired) electrons. The number of halogens is 1. The molecule has 0 fully saturated rings. The molecule has 102 valence electrons. The van der Waals surface area contributed by atoms with Gasteiger partial charge >= 0.3 is 0 Å². The number of benzene rings is 1. The van der Waals surface area contributed by atoms with Crippen LogP contribution in [-0.2, 0) is 0 Å². The van der Waals surface area contributed by atoms with Gasteiger partial charge in [0, 0.05) is 22.7 Å². The number of fused-ring (bicyclic) bond motifs is 1. The van der Waals surface area contributed by atoms with Crippen molar-refractivity contribution in [1.82, 2.24) is 15.2 Å². The Kier molecular flexibility index (Phi) is 3.51. The van der Waals surface area contributed by atoms with Crippen molar-refractivity contribution in [2.45, 2.75) is 12.8 Å². The van der Waals surface area contributed by atoms with Crippen molar-refractivity contribution >= 4 is 22.4 Å². The third-order valence-electron chi connectivity index (χ3n) is 3.33. The first-order valence-corrected chi connectivity index (χ1v) is 6.81. The summed E-state index contributed by atoms with van der Waals surface area (Å²) in [6.45, 7) is 1.89. The van der Waals surface area contributed by atoms with Crippen molar-refractivity contribution in [1.29, 1.82) is 5.26 Å². The van der Waals surface area contributed by atoms with Gasteiger partial charge in [-0.2, -0.15) is 10.4 Å². The van der Waals surface area contributed by atoms with E-state index in [1.54, 1.807) is 6.20 Å². The SMILES string of the molecule is Cc1cc(C(C#N)c2nnc(Cl)c3ccccc23)ccn1. The third-order valence-corrected chi connectivity index (χ3v) is 3.61. The Morgan fingerprint density at radius 3 is 2.62 bits per heavy atom. The van der Waals surface area contributed by atoms with E-state index in [-0.39, 0.29) is 0 Å². The molecule has 1 unspecified atom stereocenters. The van der Waals surface area contributed by atoms with Crippen molar-refractivity contribution in [3.05, 3.63) is 64.7 Å². The zero-order valence-electron chi connectivity index (χ0n) is 11.3. The van der Waals surface area contributed by atoms with Gasteiger partial charge in [0.15, 0.2) is 5.15 Å². The van der Waals surface area contributed by atoms with Crippen molar-refractivity contribution in [2.75, 3.05) is 0 Å². The molecule has 3 aromatic rings. The van der Waals surface area contributed by atoms with Gasteiger partial charge < -0.3 is 0 Å². The lowest BCUT2D eigenvalue weighted by molar-refractivity contribution is 0.899. The minimum atomic E-state index is -0.499. The van der Waals surface area contributed by atoms with E-state index in [4.69, 9.17) is 11.6 Å². The zero-order valence-corrected chi connectivity index (χ0v) is 12.0. The number of hydrogen-bond acceptors (Lipinski definition) is 4. The number of aromatic nitrogens is 3. The second kappa shape index (κ2) is 5.47. The van der Waals surface area contributed by atoms with E-state index < -0.39 is 5.92 Å². The van der Waals surface area contributed by atoms with Gasteiger partial charge in [0.1, 0.15) is 5.92 Å². The van der Waals surface area contributed by atoms with Crippen molar-refractivity contribution < 1.29 is 0 Å². The van der Waals surface area contributed by atoms with Gasteiger partial charge in [-0.1, -0.05) is 35.9 Å². The number of aryl methyl sites for hydroxylation is 1. The van der Waals surface area contributed by atoms with Gasteiger partial charge in [-0.05, 0) is 24.6 Å². The van der Waals surface area contributed by atoms with Crippen LogP contribution in [0.1, 0.15) is 22.9 Å². The maximum absolute atomic E-state index is 9.58. The second-order valence-corrected chi connectivity index (χ2v) is 5.07. The largest absolute Gasteiger partial charge is 0.262 e. The van der Waals surface area contributed by atoms with Crippen LogP contribution in [0, 0.1) is 18.3 Å². The summed E-state index contributed by atoms with van der Waals surface area (Å²) in [7, 11) is 0. The van der Waals surface area contributed by atoms with Crippen LogP contribution in [0.3, 0.4) is 0 Å². The smallest absolute Gasteiger partial charge is 0.159 e. The van der Waals surface area contributed by atoms with Crippen LogP contribution in [0.25, 0.3) is 10.8 Å². The molecule has 21 heavy (non-hydrogen) atoms. The second-order valence-electron chi connectivity index (χ2n) is 4.71. The monoisotopic (exact) mass is 294 g/mol. The van der Waals surface area contributed by atoms with Crippen LogP contribution in [0.15, 0.2) is 42.6 Å². The Morgan fingerprint density at radius 2 is 1.90 bits per heavy atom. The molecule has 0 saturated heterocycles. The highest BCUT2D eigenvalue weighted by atomic mass is 35.5. The molecular formula is C16H11ClN4. The highest BCUT2D eigenvalue weighted by Gasteiger charge is 2.20. The molecule has 0 saturated carbocycles. The number of nitrogens with zero attached hydrogens (tertiary/aromatic N) is 4. The molecule has 4 nitrogen and oxygen atoms in total. The molecule has 0 amide bonds. The lowest BCUT2D eigenvalue weighted by Crippen LogP contribution is -2.05. The summed E-state index contributed by atoms with van der Waals surface area (Å²) in [6.07, 6.45) is 1.69. The molecule has 5 heteroatoms. The summed E-state index contributed by atoms with van der Waals surface area (Å²) in [5.41, 5.74) is 2.33. The molecule has 2 heterocycles. The predicted octanol–water partition coefficient (Wildman–Crippen LogP) is 3.64. The van der Waals surface area contributed by atoms with Crippen LogP contribution < -0.4 is 0 Å². The van der Waals surface area contributed by atoms with Gasteiger partial charge in [-0.15, -0.1) is 5.10 Å². The Labute approximate surface area is 127 Å². The van der Waals surface area contributed by atoms with E-state index in [1.807, 2.05) is 43.3 Å². The Morgan fingerprint density at radius 1 is 1.14 bits per heavy atom. The Balaban J connectivity index is 2.23. The van der Waals surface area contributed by atoms with Crippen molar-refractivity contribution in [2.24, 2.45) is 0 Å². The summed E-state index contributed by atoms with van der Waals surface area (Å²) in [5, 5.41) is 19.7. The third kappa shape index (κ3) is 2.44. The molecule has 0 aliphatic heterocycles. The summed E-state index contributed by atoms with van der Waals surface area (Å²) in [6, 6.07) is 13.6. The predicted molar refractivity (Wildman–Crippen MR) is 81.0 cm³/mol. The maximum atomic E-state index is 9.58. The molecule has 0 aliphatic rings. The van der Waals surface area contributed by atoms with Crippen LogP contribution in [0.2, 0.25) is 5.15 Å². The number of rotatable bonds is 2. The lowest BCUT2D eigenvalue weighted by Gasteiger charge is -2.12. The quantitative estimate of drug-likeness (QED) is 0.724. The van der Waals surface area contributed by atoms with E-state index in [0.29, 0.717) is 10.8 Å². The minimum absolute atomic E-state index is 0.344. The molecule has 0 spiro atoms. The summed E-state index contributed by atoms with van der Waals surface area (Å²) in [4.78, 5) is 4.16. The van der Waals surface area contributed by atoms with Crippen LogP contribution in [0.5, 0.6) is 0 Å². The molecule has 0 aliphatic carbocycles. The zero-order chi connectivity index (χ0) is 14.8. The fraction of sp³-hybridized carbons (Fsp3) is 0.125. The number of pyridine rings is 1. The van der Waals surface area contributed by atoms with Crippen molar-refractivity contribution in [3.63, 3.8) is 0 Å². The first-order valence-electron chi connectivity index (χ1n) is 6.43. The first kappa shape index (κ1) is 13.5. The Hall–Kier alpha value is -2.51. The van der Waals surface area contributed by atoms with E-state index in [2.05, 4.69) is 21.3 Å². The van der Waals surface area contributed by atoms with E-state index >= 15 is 0 Å². The highest BCUT2D eigenvalue weighted by Crippen LogP contribution is 2.30. The van der Waals surface area contributed by atoms with E-state index in [9.17, 15) is 5.26 Å². The molecule has 3 rings (SSSR count). The molecule has 0 bridgehead atoms. The normalized spacial score (nSPS) is 12.0. The molecule has 2 aromatic heterocycles. The van der Waals surface area contributed by atoms with E-state index in [0.717, 1.165) is 22.0 Å². The lowest BCUT2D eigenvalue weighted by atomic mass is 9.94. The number of hydrogen-bond donors (Lipinski definition) is 0. The van der Waals surface area contributed by atoms with Crippen LogP contribution in [-0.4, -0.2) is 15.2 Å². The molecule has 0 N–H and O–H groups in total. The molecular weight excluding hydrogens is 284 g/mol. The summed E-state index contributed by atoms with van der Waals surface area (Å²) >= 11 is 6.08. The van der Waals surface area contributed by atoms with Gasteiger partial charge in [0.05, 0.1) is 11.8 Å². The van der Waals surface area contributed by atoms with E-state index in [1.165, 1.54) is 0 Å². The Bertz CT molecular complexity index is 854. The van der Waals surface area contributed by atoms with Gasteiger partial charge in [-0.3, -0.25) is 4.98 Å². The average Bonchev–Trinajstić information content (AvgIpc) is 2.51. The fourth-order valence-electron chi connectivity index (χ4n) is 2.35. The molecule has 1 aromatic carbocycles. The summed E-state index contributed by atoms with van der Waals surface area (Å²) in [5.74, 6) is -0.499. The maximum Gasteiger partial charge on any atom is 0.159 e. The highest BCUT2D eigenvalue weighted by molar-refractivity contribution is 6.34. The molecule has 1 atom stereocenters. The average molecular weight is 295 g/mol.